The predicted octanol–water partition coefficient (Wildman–Crippen LogP) is 0.423. The molecule has 0 aliphatic carbocycles. The summed E-state index contributed by atoms with van der Waals surface area (Å²) in [7, 11) is 0. The first-order chi connectivity index (χ1) is 10.9. The van der Waals surface area contributed by atoms with Gasteiger partial charge in [-0.05, 0) is 13.8 Å². The highest BCUT2D eigenvalue weighted by atomic mass is 127. The molecule has 4 heterocycles. The molecule has 0 aromatic carbocycles. The van der Waals surface area contributed by atoms with Crippen LogP contribution in [0.15, 0.2) is 6.33 Å². The third-order valence-electron chi connectivity index (χ3n) is 4.00. The van der Waals surface area contributed by atoms with E-state index < -0.39 is 18.1 Å². The number of fused-ring (bicyclic) bond motifs is 2. The van der Waals surface area contributed by atoms with E-state index in [1.54, 1.807) is 10.9 Å². The number of halogens is 1. The summed E-state index contributed by atoms with van der Waals surface area (Å²) in [4.78, 5) is 12.8. The van der Waals surface area contributed by atoms with Crippen LogP contribution < -0.4 is 5.73 Å². The molecule has 2 aliphatic rings. The lowest BCUT2D eigenvalue weighted by molar-refractivity contribution is -0.199. The van der Waals surface area contributed by atoms with Crippen molar-refractivity contribution in [1.82, 2.24) is 19.5 Å². The molecule has 2 aromatic heterocycles. The first-order valence-electron chi connectivity index (χ1n) is 7.17. The van der Waals surface area contributed by atoms with Crippen molar-refractivity contribution in [3.63, 3.8) is 0 Å². The normalized spacial score (nSPS) is 32.5. The molecule has 0 bridgehead atoms. The number of nitrogens with two attached hydrogens (primary N) is 1. The van der Waals surface area contributed by atoms with Gasteiger partial charge in [-0.3, -0.25) is 4.57 Å². The van der Waals surface area contributed by atoms with Crippen LogP contribution in [0.25, 0.3) is 11.2 Å². The molecule has 2 fully saturated rings. The topological polar surface area (TPSA) is 118 Å². The SMILES string of the molecule is CC1(C)OC2C(O1)[C@@H](n1cnc3c(N)nc(I)nc31)O[C@H]2CO. The number of nitrogens with zero attached hydrogens (tertiary/aromatic N) is 4. The Balaban J connectivity index is 1.79. The Morgan fingerprint density at radius 1 is 1.35 bits per heavy atom. The Kier molecular flexibility index (Phi) is 3.50. The minimum absolute atomic E-state index is 0.154. The van der Waals surface area contributed by atoms with Crippen LogP contribution in [0.1, 0.15) is 20.1 Å². The van der Waals surface area contributed by atoms with E-state index in [4.69, 9.17) is 19.9 Å². The largest absolute Gasteiger partial charge is 0.394 e. The van der Waals surface area contributed by atoms with E-state index in [0.29, 0.717) is 20.8 Å². The van der Waals surface area contributed by atoms with Crippen molar-refractivity contribution in [3.8, 4) is 0 Å². The summed E-state index contributed by atoms with van der Waals surface area (Å²) in [6.07, 6.45) is -0.0947. The lowest BCUT2D eigenvalue weighted by atomic mass is 10.1. The van der Waals surface area contributed by atoms with Gasteiger partial charge in [0.05, 0.1) is 12.9 Å². The maximum Gasteiger partial charge on any atom is 0.194 e. The van der Waals surface area contributed by atoms with Crippen LogP contribution in [-0.4, -0.2) is 55.3 Å². The maximum absolute atomic E-state index is 9.57. The number of nitrogen functional groups attached to an aromatic ring is 1. The molecule has 2 unspecified atom stereocenters. The number of rotatable bonds is 2. The molecule has 4 rings (SSSR count). The maximum atomic E-state index is 9.57. The third kappa shape index (κ3) is 2.39. The summed E-state index contributed by atoms with van der Waals surface area (Å²) in [5, 5.41) is 9.57. The van der Waals surface area contributed by atoms with E-state index >= 15 is 0 Å². The molecule has 10 heteroatoms. The molecule has 23 heavy (non-hydrogen) atoms. The number of imidazole rings is 1. The van der Waals surface area contributed by atoms with Crippen LogP contribution in [0.3, 0.4) is 0 Å². The zero-order valence-electron chi connectivity index (χ0n) is 12.5. The van der Waals surface area contributed by atoms with Gasteiger partial charge >= 0.3 is 0 Å². The van der Waals surface area contributed by atoms with Gasteiger partial charge in [-0.25, -0.2) is 15.0 Å². The van der Waals surface area contributed by atoms with Crippen LogP contribution in [0.5, 0.6) is 0 Å². The van der Waals surface area contributed by atoms with Gasteiger partial charge < -0.3 is 25.1 Å². The molecule has 2 aromatic rings. The number of hydrogen-bond acceptors (Lipinski definition) is 8. The molecule has 0 amide bonds. The van der Waals surface area contributed by atoms with Gasteiger partial charge in [0.2, 0.25) is 0 Å². The highest BCUT2D eigenvalue weighted by molar-refractivity contribution is 14.1. The number of aliphatic hydroxyl groups is 1. The van der Waals surface area contributed by atoms with Crippen LogP contribution in [0.2, 0.25) is 0 Å². The van der Waals surface area contributed by atoms with E-state index in [9.17, 15) is 5.11 Å². The Bertz CT molecular complexity index is 766. The lowest BCUT2D eigenvalue weighted by Gasteiger charge is -2.24. The monoisotopic (exact) mass is 433 g/mol. The van der Waals surface area contributed by atoms with Crippen LogP contribution in [0.4, 0.5) is 5.82 Å². The number of hydrogen-bond donors (Lipinski definition) is 2. The Hall–Kier alpha value is -1.08. The van der Waals surface area contributed by atoms with Crippen molar-refractivity contribution in [2.45, 2.75) is 44.2 Å². The van der Waals surface area contributed by atoms with Gasteiger partial charge in [-0.1, -0.05) is 0 Å². The fourth-order valence-electron chi connectivity index (χ4n) is 3.13. The highest BCUT2D eigenvalue weighted by Gasteiger charge is 2.55. The molecule has 2 aliphatic heterocycles. The zero-order chi connectivity index (χ0) is 16.4. The minimum atomic E-state index is -0.733. The van der Waals surface area contributed by atoms with Crippen molar-refractivity contribution in [2.75, 3.05) is 12.3 Å². The van der Waals surface area contributed by atoms with E-state index in [2.05, 4.69) is 15.0 Å². The molecular formula is C13H16IN5O4. The fraction of sp³-hybridized carbons (Fsp3) is 0.615. The molecule has 0 spiro atoms. The second kappa shape index (κ2) is 5.21. The second-order valence-corrected chi connectivity index (χ2v) is 6.98. The van der Waals surface area contributed by atoms with E-state index in [1.165, 1.54) is 0 Å². The first kappa shape index (κ1) is 15.4. The van der Waals surface area contributed by atoms with E-state index in [1.807, 2.05) is 36.4 Å². The molecule has 0 radical (unpaired) electrons. The fourth-order valence-corrected chi connectivity index (χ4v) is 3.62. The van der Waals surface area contributed by atoms with Gasteiger partial charge in [0.25, 0.3) is 0 Å². The zero-order valence-corrected chi connectivity index (χ0v) is 14.7. The van der Waals surface area contributed by atoms with Gasteiger partial charge in [-0.2, -0.15) is 0 Å². The Labute approximate surface area is 145 Å². The number of aromatic nitrogens is 4. The number of anilines is 1. The van der Waals surface area contributed by atoms with Gasteiger partial charge in [0.15, 0.2) is 27.3 Å². The molecular weight excluding hydrogens is 417 g/mol. The average Bonchev–Trinajstić information content (AvgIpc) is 3.09. The molecule has 9 nitrogen and oxygen atoms in total. The summed E-state index contributed by atoms with van der Waals surface area (Å²) < 4.78 is 20.0. The molecule has 2 saturated heterocycles. The highest BCUT2D eigenvalue weighted by Crippen LogP contribution is 2.43. The van der Waals surface area contributed by atoms with Crippen molar-refractivity contribution < 1.29 is 19.3 Å². The van der Waals surface area contributed by atoms with E-state index in [0.717, 1.165) is 0 Å². The third-order valence-corrected chi connectivity index (χ3v) is 4.48. The summed E-state index contributed by atoms with van der Waals surface area (Å²) in [5.74, 6) is -0.417. The number of aliphatic hydroxyl groups excluding tert-OH is 1. The predicted molar refractivity (Wildman–Crippen MR) is 87.3 cm³/mol. The molecule has 0 saturated carbocycles. The Morgan fingerprint density at radius 2 is 2.09 bits per heavy atom. The standard InChI is InChI=1S/C13H16IN5O4/c1-13(2)22-7-5(3-20)21-11(8(7)23-13)19-4-16-6-9(15)17-12(14)18-10(6)19/h4-5,7-8,11,20H,3H2,1-2H3,(H2,15,17,18)/t5-,7?,8?,11-/m0/s1. The lowest BCUT2D eigenvalue weighted by Crippen LogP contribution is -2.31. The van der Waals surface area contributed by atoms with Gasteiger partial charge in [-0.15, -0.1) is 0 Å². The first-order valence-corrected chi connectivity index (χ1v) is 8.25. The minimum Gasteiger partial charge on any atom is -0.394 e. The van der Waals surface area contributed by atoms with Crippen LogP contribution in [0, 0.1) is 3.83 Å². The van der Waals surface area contributed by atoms with Gasteiger partial charge in [0, 0.05) is 22.6 Å². The quantitative estimate of drug-likeness (QED) is 0.517. The average molecular weight is 433 g/mol. The van der Waals surface area contributed by atoms with Crippen LogP contribution >= 0.6 is 22.6 Å². The summed E-state index contributed by atoms with van der Waals surface area (Å²) in [6.45, 7) is 3.52. The summed E-state index contributed by atoms with van der Waals surface area (Å²) in [6, 6.07) is 0. The second-order valence-electron chi connectivity index (χ2n) is 6.01. The van der Waals surface area contributed by atoms with Crippen LogP contribution in [-0.2, 0) is 14.2 Å². The van der Waals surface area contributed by atoms with E-state index in [-0.39, 0.29) is 18.8 Å². The van der Waals surface area contributed by atoms with Crippen molar-refractivity contribution in [3.05, 3.63) is 10.2 Å². The molecule has 4 atom stereocenters. The molecule has 3 N–H and O–H groups in total. The summed E-state index contributed by atoms with van der Waals surface area (Å²) in [5.41, 5.74) is 6.98. The molecule has 124 valence electrons. The number of ether oxygens (including phenoxy) is 3. The van der Waals surface area contributed by atoms with Crippen molar-refractivity contribution in [1.29, 1.82) is 0 Å². The van der Waals surface area contributed by atoms with Crippen molar-refractivity contribution in [2.24, 2.45) is 0 Å². The van der Waals surface area contributed by atoms with Crippen molar-refractivity contribution >= 4 is 39.6 Å². The van der Waals surface area contributed by atoms with Gasteiger partial charge in [0.1, 0.15) is 23.8 Å². The smallest absolute Gasteiger partial charge is 0.194 e. The Morgan fingerprint density at radius 3 is 2.83 bits per heavy atom. The summed E-state index contributed by atoms with van der Waals surface area (Å²) >= 11 is 2.00.